The number of nitrogens with one attached hydrogen (secondary N) is 3. The summed E-state index contributed by atoms with van der Waals surface area (Å²) < 4.78 is 5.16. The number of rotatable bonds is 7. The molecule has 0 spiro atoms. The van der Waals surface area contributed by atoms with Crippen LogP contribution in [0, 0.1) is 6.92 Å². The minimum Gasteiger partial charge on any atom is -0.481 e. The maximum atomic E-state index is 5.16. The Bertz CT molecular complexity index is 922. The summed E-state index contributed by atoms with van der Waals surface area (Å²) in [5, 5.41) is 7.99. The molecule has 3 rings (SSSR count). The molecule has 2 heterocycles. The quantitative estimate of drug-likeness (QED) is 0.266. The van der Waals surface area contributed by atoms with Gasteiger partial charge in [0, 0.05) is 42.5 Å². The highest BCUT2D eigenvalue weighted by Crippen LogP contribution is 2.19. The molecule has 0 aliphatic rings. The van der Waals surface area contributed by atoms with Crippen molar-refractivity contribution in [1.29, 1.82) is 0 Å². The molecule has 0 fully saturated rings. The average molecular weight is 493 g/mol. The summed E-state index contributed by atoms with van der Waals surface area (Å²) in [6, 6.07) is 10.4. The monoisotopic (exact) mass is 493 g/mol. The van der Waals surface area contributed by atoms with E-state index in [0.29, 0.717) is 12.4 Å². The van der Waals surface area contributed by atoms with E-state index in [4.69, 9.17) is 4.74 Å². The van der Waals surface area contributed by atoms with Crippen molar-refractivity contribution in [3.8, 4) is 5.88 Å². The van der Waals surface area contributed by atoms with E-state index in [1.807, 2.05) is 12.1 Å². The lowest BCUT2D eigenvalue weighted by molar-refractivity contribution is 0.397. The van der Waals surface area contributed by atoms with Crippen LogP contribution in [0.1, 0.15) is 23.6 Å². The highest BCUT2D eigenvalue weighted by Gasteiger charge is 2.05. The van der Waals surface area contributed by atoms with E-state index in [1.54, 1.807) is 13.3 Å². The average Bonchev–Trinajstić information content (AvgIpc) is 3.08. The van der Waals surface area contributed by atoms with Gasteiger partial charge in [-0.15, -0.1) is 24.0 Å². The molecule has 0 saturated carbocycles. The number of methoxy groups -OCH3 is 1. The third kappa shape index (κ3) is 5.85. The van der Waals surface area contributed by atoms with Crippen LogP contribution >= 0.6 is 24.0 Å². The number of halogens is 1. The molecule has 28 heavy (non-hydrogen) atoms. The molecule has 0 aliphatic carbocycles. The van der Waals surface area contributed by atoms with Crippen LogP contribution in [0.3, 0.4) is 0 Å². The van der Waals surface area contributed by atoms with E-state index in [-0.39, 0.29) is 24.0 Å². The molecule has 2 aromatic heterocycles. The lowest BCUT2D eigenvalue weighted by atomic mass is 10.1. The van der Waals surface area contributed by atoms with Gasteiger partial charge in [0.25, 0.3) is 0 Å². The first-order chi connectivity index (χ1) is 13.2. The summed E-state index contributed by atoms with van der Waals surface area (Å²) in [5.74, 6) is 1.42. The van der Waals surface area contributed by atoms with Crippen molar-refractivity contribution in [1.82, 2.24) is 20.6 Å². The lowest BCUT2D eigenvalue weighted by Crippen LogP contribution is -2.38. The van der Waals surface area contributed by atoms with E-state index in [0.717, 1.165) is 31.0 Å². The molecule has 0 saturated heterocycles. The Morgan fingerprint density at radius 1 is 1.21 bits per heavy atom. The smallest absolute Gasteiger partial charge is 0.213 e. The second-order valence-corrected chi connectivity index (χ2v) is 6.44. The van der Waals surface area contributed by atoms with Gasteiger partial charge >= 0.3 is 0 Å². The molecule has 3 N–H and O–H groups in total. The van der Waals surface area contributed by atoms with Gasteiger partial charge in [0.1, 0.15) is 0 Å². The molecule has 3 aromatic rings. The molecule has 7 heteroatoms. The van der Waals surface area contributed by atoms with Crippen LogP contribution in [0.5, 0.6) is 5.88 Å². The van der Waals surface area contributed by atoms with Crippen molar-refractivity contribution in [2.75, 3.05) is 20.2 Å². The maximum absolute atomic E-state index is 5.16. The Hall–Kier alpha value is -2.29. The van der Waals surface area contributed by atoms with Gasteiger partial charge in [-0.25, -0.2) is 9.98 Å². The van der Waals surface area contributed by atoms with Crippen molar-refractivity contribution in [3.05, 3.63) is 59.4 Å². The summed E-state index contributed by atoms with van der Waals surface area (Å²) in [5.41, 5.74) is 4.83. The number of ether oxygens (including phenoxy) is 1. The Labute approximate surface area is 183 Å². The number of aliphatic imine (C=N–C) groups is 1. The highest BCUT2D eigenvalue weighted by molar-refractivity contribution is 14.0. The second kappa shape index (κ2) is 10.9. The van der Waals surface area contributed by atoms with Gasteiger partial charge in [0.2, 0.25) is 5.88 Å². The first-order valence-corrected chi connectivity index (χ1v) is 9.27. The van der Waals surface area contributed by atoms with Crippen LogP contribution in [-0.2, 0) is 13.0 Å². The van der Waals surface area contributed by atoms with Gasteiger partial charge in [-0.05, 0) is 49.1 Å². The maximum Gasteiger partial charge on any atom is 0.213 e. The number of hydrogen-bond donors (Lipinski definition) is 3. The molecule has 150 valence electrons. The number of aryl methyl sites for hydroxylation is 1. The molecule has 0 unspecified atom stereocenters. The number of benzene rings is 1. The highest BCUT2D eigenvalue weighted by atomic mass is 127. The summed E-state index contributed by atoms with van der Waals surface area (Å²) in [7, 11) is 1.62. The van der Waals surface area contributed by atoms with Crippen LogP contribution in [0.4, 0.5) is 0 Å². The Morgan fingerprint density at radius 3 is 2.86 bits per heavy atom. The number of nitrogens with zero attached hydrogens (tertiary/aromatic N) is 2. The lowest BCUT2D eigenvalue weighted by Gasteiger charge is -2.11. The van der Waals surface area contributed by atoms with E-state index in [2.05, 4.69) is 63.8 Å². The van der Waals surface area contributed by atoms with Crippen molar-refractivity contribution < 1.29 is 4.74 Å². The third-order valence-corrected chi connectivity index (χ3v) is 4.38. The zero-order valence-corrected chi connectivity index (χ0v) is 18.9. The number of pyridine rings is 1. The predicted molar refractivity (Wildman–Crippen MR) is 126 cm³/mol. The molecule has 0 bridgehead atoms. The molecule has 0 radical (unpaired) electrons. The zero-order chi connectivity index (χ0) is 19.1. The van der Waals surface area contributed by atoms with Gasteiger partial charge < -0.3 is 20.4 Å². The Morgan fingerprint density at radius 2 is 2.07 bits per heavy atom. The van der Waals surface area contributed by atoms with Crippen LogP contribution in [-0.4, -0.2) is 36.1 Å². The number of fused-ring (bicyclic) bond motifs is 1. The Balaban J connectivity index is 0.00000280. The van der Waals surface area contributed by atoms with Gasteiger partial charge in [0.05, 0.1) is 13.7 Å². The number of guanidine groups is 1. The topological polar surface area (TPSA) is 74.3 Å². The summed E-state index contributed by atoms with van der Waals surface area (Å²) in [6.07, 6.45) is 4.76. The first-order valence-electron chi connectivity index (χ1n) is 9.27. The molecular weight excluding hydrogens is 465 g/mol. The van der Waals surface area contributed by atoms with Gasteiger partial charge in [-0.2, -0.15) is 0 Å². The minimum absolute atomic E-state index is 0. The van der Waals surface area contributed by atoms with Crippen LogP contribution in [0.25, 0.3) is 10.9 Å². The molecular formula is C21H28IN5O. The van der Waals surface area contributed by atoms with E-state index >= 15 is 0 Å². The van der Waals surface area contributed by atoms with Crippen molar-refractivity contribution in [2.45, 2.75) is 26.8 Å². The molecule has 0 atom stereocenters. The molecule has 0 amide bonds. The Kier molecular flexibility index (Phi) is 8.56. The standard InChI is InChI=1S/C21H27N5O.HI/c1-4-22-21(26-13-16-7-9-23-20(12-16)27-3)24-10-8-17-14-25-19-11-15(2)5-6-18(17)19;/h5-7,9,11-12,14,25H,4,8,10,13H2,1-3H3,(H2,22,24,26);1H. The van der Waals surface area contributed by atoms with Gasteiger partial charge in [-0.1, -0.05) is 12.1 Å². The van der Waals surface area contributed by atoms with E-state index < -0.39 is 0 Å². The predicted octanol–water partition coefficient (Wildman–Crippen LogP) is 3.80. The van der Waals surface area contributed by atoms with Crippen LogP contribution < -0.4 is 15.4 Å². The number of H-pyrrole nitrogens is 1. The fourth-order valence-corrected chi connectivity index (χ4v) is 3.00. The molecule has 0 aliphatic heterocycles. The SMILES string of the molecule is CCNC(=NCc1ccnc(OC)c1)NCCc1c[nH]c2cc(C)ccc12.I. The van der Waals surface area contributed by atoms with E-state index in [1.165, 1.54) is 22.0 Å². The minimum atomic E-state index is 0. The van der Waals surface area contributed by atoms with Crippen LogP contribution in [0.2, 0.25) is 0 Å². The summed E-state index contributed by atoms with van der Waals surface area (Å²) in [4.78, 5) is 12.1. The normalized spacial score (nSPS) is 11.2. The van der Waals surface area contributed by atoms with Crippen LogP contribution in [0.15, 0.2) is 47.7 Å². The number of aromatic amines is 1. The zero-order valence-electron chi connectivity index (χ0n) is 16.6. The van der Waals surface area contributed by atoms with Crippen molar-refractivity contribution in [2.24, 2.45) is 4.99 Å². The van der Waals surface area contributed by atoms with Crippen molar-refractivity contribution in [3.63, 3.8) is 0 Å². The number of hydrogen-bond acceptors (Lipinski definition) is 3. The first kappa shape index (κ1) is 22.0. The molecule has 6 nitrogen and oxygen atoms in total. The van der Waals surface area contributed by atoms with Gasteiger partial charge in [-0.3, -0.25) is 0 Å². The fourth-order valence-electron chi connectivity index (χ4n) is 3.00. The third-order valence-electron chi connectivity index (χ3n) is 4.38. The van der Waals surface area contributed by atoms with Gasteiger partial charge in [0.15, 0.2) is 5.96 Å². The second-order valence-electron chi connectivity index (χ2n) is 6.44. The fraction of sp³-hybridized carbons (Fsp3) is 0.333. The summed E-state index contributed by atoms with van der Waals surface area (Å²) >= 11 is 0. The number of aromatic nitrogens is 2. The van der Waals surface area contributed by atoms with Crippen molar-refractivity contribution >= 4 is 40.8 Å². The largest absolute Gasteiger partial charge is 0.481 e. The van der Waals surface area contributed by atoms with E-state index in [9.17, 15) is 0 Å². The summed E-state index contributed by atoms with van der Waals surface area (Å²) in [6.45, 7) is 6.37. The molecule has 1 aromatic carbocycles.